The van der Waals surface area contributed by atoms with Crippen LogP contribution in [-0.2, 0) is 19.9 Å². The summed E-state index contributed by atoms with van der Waals surface area (Å²) in [6, 6.07) is 9.92. The van der Waals surface area contributed by atoms with Crippen LogP contribution in [-0.4, -0.2) is 30.2 Å². The van der Waals surface area contributed by atoms with Gasteiger partial charge in [0.05, 0.1) is 11.4 Å². The van der Waals surface area contributed by atoms with Crippen molar-refractivity contribution in [2.24, 2.45) is 7.05 Å². The number of H-pyrrole nitrogens is 1. The number of unbranched alkanes of at least 4 members (excludes halogenated alkanes) is 1. The van der Waals surface area contributed by atoms with E-state index in [1.54, 1.807) is 41.1 Å². The summed E-state index contributed by atoms with van der Waals surface area (Å²) >= 11 is 12.2. The van der Waals surface area contributed by atoms with E-state index in [4.69, 9.17) is 23.2 Å². The number of halogens is 2. The van der Waals surface area contributed by atoms with Crippen molar-refractivity contribution in [3.63, 3.8) is 0 Å². The number of aryl methyl sites for hydroxylation is 3. The molecule has 0 aliphatic carbocycles. The fraction of sp³-hybridized carbons (Fsp3) is 0.217. The van der Waals surface area contributed by atoms with Gasteiger partial charge in [-0.25, -0.2) is 0 Å². The summed E-state index contributed by atoms with van der Waals surface area (Å²) in [6.45, 7) is 0. The Morgan fingerprint density at radius 1 is 0.871 bits per heavy atom. The molecule has 0 aliphatic rings. The summed E-state index contributed by atoms with van der Waals surface area (Å²) in [5, 5.41) is 33.3. The van der Waals surface area contributed by atoms with Gasteiger partial charge < -0.3 is 10.2 Å². The Labute approximate surface area is 190 Å². The Morgan fingerprint density at radius 3 is 2.10 bits per heavy atom. The quantitative estimate of drug-likeness (QED) is 0.308. The lowest BCUT2D eigenvalue weighted by Gasteiger charge is -2.07. The number of aromatic amines is 1. The van der Waals surface area contributed by atoms with Gasteiger partial charge in [-0.15, -0.1) is 0 Å². The van der Waals surface area contributed by atoms with Crippen LogP contribution in [0.1, 0.15) is 24.0 Å². The molecule has 0 bridgehead atoms. The van der Waals surface area contributed by atoms with Crippen LogP contribution in [0.3, 0.4) is 0 Å². The van der Waals surface area contributed by atoms with Crippen molar-refractivity contribution in [1.82, 2.24) is 20.0 Å². The molecular weight excluding hydrogens is 435 g/mol. The smallest absolute Gasteiger partial charge is 0.125 e. The molecule has 0 fully saturated rings. The molecule has 0 spiro atoms. The summed E-state index contributed by atoms with van der Waals surface area (Å²) in [6.07, 6.45) is 7.29. The van der Waals surface area contributed by atoms with Crippen molar-refractivity contribution in [2.45, 2.75) is 25.7 Å². The number of phenols is 2. The maximum Gasteiger partial charge on any atom is 0.125 e. The Morgan fingerprint density at radius 2 is 1.45 bits per heavy atom. The summed E-state index contributed by atoms with van der Waals surface area (Å²) < 4.78 is 1.75. The predicted molar refractivity (Wildman–Crippen MR) is 123 cm³/mol. The molecule has 0 unspecified atom stereocenters. The van der Waals surface area contributed by atoms with Gasteiger partial charge in [-0.2, -0.15) is 10.2 Å². The summed E-state index contributed by atoms with van der Waals surface area (Å²) in [5.74, 6) is 0.313. The zero-order valence-corrected chi connectivity index (χ0v) is 18.5. The highest BCUT2D eigenvalue weighted by Crippen LogP contribution is 2.34. The van der Waals surface area contributed by atoms with Crippen molar-refractivity contribution >= 4 is 23.2 Å². The van der Waals surface area contributed by atoms with E-state index in [0.29, 0.717) is 26.9 Å². The highest BCUT2D eigenvalue weighted by atomic mass is 35.5. The van der Waals surface area contributed by atoms with E-state index in [-0.39, 0.29) is 11.5 Å². The van der Waals surface area contributed by atoms with Crippen LogP contribution in [0, 0.1) is 0 Å². The third-order valence-electron chi connectivity index (χ3n) is 5.19. The van der Waals surface area contributed by atoms with Crippen LogP contribution in [0.15, 0.2) is 48.8 Å². The van der Waals surface area contributed by atoms with E-state index < -0.39 is 0 Å². The molecular formula is C23H22Cl2N4O2. The van der Waals surface area contributed by atoms with E-state index in [1.807, 2.05) is 19.4 Å². The first-order valence-corrected chi connectivity index (χ1v) is 10.7. The van der Waals surface area contributed by atoms with E-state index >= 15 is 0 Å². The Balaban J connectivity index is 1.45. The molecule has 0 saturated carbocycles. The molecule has 0 saturated heterocycles. The zero-order chi connectivity index (χ0) is 22.0. The Bertz CT molecular complexity index is 1220. The summed E-state index contributed by atoms with van der Waals surface area (Å²) in [7, 11) is 1.86. The van der Waals surface area contributed by atoms with Gasteiger partial charge in [0.25, 0.3) is 0 Å². The van der Waals surface area contributed by atoms with E-state index in [0.717, 1.165) is 42.5 Å². The van der Waals surface area contributed by atoms with Crippen LogP contribution in [0.5, 0.6) is 11.5 Å². The normalized spacial score (nSPS) is 11.2. The third kappa shape index (κ3) is 4.70. The zero-order valence-electron chi connectivity index (χ0n) is 16.9. The Hall–Kier alpha value is -2.96. The van der Waals surface area contributed by atoms with Crippen LogP contribution < -0.4 is 0 Å². The number of phenolic OH excluding ortho intramolecular Hbond substituents is 2. The van der Waals surface area contributed by atoms with Crippen molar-refractivity contribution in [3.05, 3.63) is 70.0 Å². The molecule has 2 aromatic carbocycles. The van der Waals surface area contributed by atoms with Crippen LogP contribution in [0.25, 0.3) is 22.5 Å². The minimum Gasteiger partial charge on any atom is -0.507 e. The monoisotopic (exact) mass is 456 g/mol. The lowest BCUT2D eigenvalue weighted by atomic mass is 9.99. The second kappa shape index (κ2) is 9.04. The topological polar surface area (TPSA) is 87.0 Å². The van der Waals surface area contributed by atoms with Gasteiger partial charge in [-0.05, 0) is 73.2 Å². The Kier molecular flexibility index (Phi) is 6.20. The number of hydrogen-bond donors (Lipinski definition) is 3. The molecule has 2 heterocycles. The lowest BCUT2D eigenvalue weighted by Crippen LogP contribution is -1.92. The van der Waals surface area contributed by atoms with Crippen LogP contribution in [0.2, 0.25) is 10.0 Å². The first kappa shape index (κ1) is 21.3. The highest BCUT2D eigenvalue weighted by molar-refractivity contribution is 6.31. The molecule has 2 aromatic heterocycles. The third-order valence-corrected chi connectivity index (χ3v) is 5.66. The van der Waals surface area contributed by atoms with Crippen LogP contribution >= 0.6 is 23.2 Å². The number of hydrogen-bond acceptors (Lipinski definition) is 4. The molecule has 4 aromatic rings. The number of benzene rings is 2. The summed E-state index contributed by atoms with van der Waals surface area (Å²) in [4.78, 5) is 0. The van der Waals surface area contributed by atoms with Gasteiger partial charge in [-0.3, -0.25) is 9.78 Å². The van der Waals surface area contributed by atoms with Gasteiger partial charge in [-0.1, -0.05) is 23.2 Å². The largest absolute Gasteiger partial charge is 0.507 e. The van der Waals surface area contributed by atoms with E-state index in [9.17, 15) is 10.2 Å². The molecule has 0 radical (unpaired) electrons. The molecule has 8 heteroatoms. The van der Waals surface area contributed by atoms with E-state index in [2.05, 4.69) is 15.3 Å². The molecule has 4 rings (SSSR count). The highest BCUT2D eigenvalue weighted by Gasteiger charge is 2.16. The molecule has 3 N–H and O–H groups in total. The number of rotatable bonds is 7. The second-order valence-electron chi connectivity index (χ2n) is 7.47. The fourth-order valence-corrected chi connectivity index (χ4v) is 4.06. The van der Waals surface area contributed by atoms with Crippen LogP contribution in [0.4, 0.5) is 0 Å². The van der Waals surface area contributed by atoms with Crippen molar-refractivity contribution in [1.29, 1.82) is 0 Å². The summed E-state index contributed by atoms with van der Waals surface area (Å²) in [5.41, 5.74) is 4.80. The maximum absolute atomic E-state index is 10.3. The number of nitrogens with zero attached hydrogens (tertiary/aromatic N) is 3. The molecule has 160 valence electrons. The number of aromatic hydroxyl groups is 2. The molecule has 0 aliphatic heterocycles. The molecule has 6 nitrogen and oxygen atoms in total. The minimum absolute atomic E-state index is 0.152. The SMILES string of the molecule is Cn1cc(CCCCc2c[nH]nc2-c2cc(Cl)ccc2O)c(-c2cc(Cl)ccc2O)n1. The van der Waals surface area contributed by atoms with Crippen molar-refractivity contribution in [2.75, 3.05) is 0 Å². The van der Waals surface area contributed by atoms with Gasteiger partial charge in [0, 0.05) is 40.6 Å². The molecule has 31 heavy (non-hydrogen) atoms. The van der Waals surface area contributed by atoms with Gasteiger partial charge in [0.2, 0.25) is 0 Å². The standard InChI is InChI=1S/C23H22Cl2N4O2/c1-29-13-15(23(28-29)19-11-17(25)7-9-21(19)31)5-3-2-4-14-12-26-27-22(14)18-10-16(24)6-8-20(18)30/h6-13,30-31H,2-5H2,1H3,(H,26,27). The minimum atomic E-state index is 0.152. The second-order valence-corrected chi connectivity index (χ2v) is 8.34. The first-order chi connectivity index (χ1) is 14.9. The molecule has 0 atom stereocenters. The van der Waals surface area contributed by atoms with E-state index in [1.165, 1.54) is 0 Å². The van der Waals surface area contributed by atoms with Crippen molar-refractivity contribution in [3.8, 4) is 34.0 Å². The van der Waals surface area contributed by atoms with Gasteiger partial charge in [0.15, 0.2) is 0 Å². The molecule has 0 amide bonds. The average Bonchev–Trinajstić information content (AvgIpc) is 3.35. The average molecular weight is 457 g/mol. The predicted octanol–water partition coefficient (Wildman–Crippen LogP) is 5.76. The number of aromatic nitrogens is 4. The lowest BCUT2D eigenvalue weighted by molar-refractivity contribution is 0.476. The van der Waals surface area contributed by atoms with Gasteiger partial charge >= 0.3 is 0 Å². The first-order valence-electron chi connectivity index (χ1n) is 9.95. The van der Waals surface area contributed by atoms with Gasteiger partial charge in [0.1, 0.15) is 11.5 Å². The number of nitrogens with one attached hydrogen (secondary N) is 1. The fourth-order valence-electron chi connectivity index (χ4n) is 3.71. The maximum atomic E-state index is 10.3. The van der Waals surface area contributed by atoms with Crippen molar-refractivity contribution < 1.29 is 10.2 Å².